The van der Waals surface area contributed by atoms with E-state index in [1.807, 2.05) is 0 Å². The van der Waals surface area contributed by atoms with Crippen LogP contribution in [0.3, 0.4) is 0 Å². The Morgan fingerprint density at radius 3 is 1.85 bits per heavy atom. The second kappa shape index (κ2) is 18.7. The Labute approximate surface area is 274 Å². The molecule has 0 rings (SSSR count). The number of ether oxygens (including phenoxy) is 5. The van der Waals surface area contributed by atoms with Crippen LogP contribution in [0, 0.1) is 17.3 Å². The van der Waals surface area contributed by atoms with Crippen LogP contribution in [0.15, 0.2) is 72.0 Å². The molecule has 3 unspecified atom stereocenters. The molecule has 0 amide bonds. The molecule has 0 aromatic carbocycles. The van der Waals surface area contributed by atoms with Crippen molar-refractivity contribution in [1.82, 2.24) is 0 Å². The van der Waals surface area contributed by atoms with Crippen molar-refractivity contribution in [3.8, 4) is 0 Å². The van der Waals surface area contributed by atoms with Gasteiger partial charge in [-0.25, -0.2) is 9.59 Å². The molecule has 0 spiro atoms. The largest absolute Gasteiger partial charge is 0.414 e. The van der Waals surface area contributed by atoms with Crippen LogP contribution >= 0.6 is 0 Å². The molecule has 46 heavy (non-hydrogen) atoms. The summed E-state index contributed by atoms with van der Waals surface area (Å²) in [4.78, 5) is 67.4. The van der Waals surface area contributed by atoms with Gasteiger partial charge in [0.05, 0.1) is 17.3 Å². The van der Waals surface area contributed by atoms with Crippen LogP contribution in [0.2, 0.25) is 0 Å². The molecule has 0 saturated heterocycles. The number of hydrogen-bond donors (Lipinski definition) is 0. The fraction of sp³-hybridized carbons (Fsp3) is 0.528. The molecule has 0 aromatic rings. The smallest absolute Gasteiger partial charge is 0.344 e. The van der Waals surface area contributed by atoms with Gasteiger partial charge >= 0.3 is 41.6 Å². The lowest BCUT2D eigenvalue weighted by molar-refractivity contribution is -0.234. The molecular formula is C36H52O10. The van der Waals surface area contributed by atoms with Crippen molar-refractivity contribution in [3.05, 3.63) is 72.0 Å². The Balaban J connectivity index is 8.31. The van der Waals surface area contributed by atoms with Gasteiger partial charge in [0.1, 0.15) is 0 Å². The van der Waals surface area contributed by atoms with E-state index in [9.17, 15) is 24.0 Å². The first kappa shape index (κ1) is 41.8. The van der Waals surface area contributed by atoms with Crippen LogP contribution in [-0.2, 0) is 47.7 Å². The van der Waals surface area contributed by atoms with E-state index >= 15 is 0 Å². The summed E-state index contributed by atoms with van der Waals surface area (Å²) in [5, 5.41) is 0. The minimum absolute atomic E-state index is 0.135. The molecule has 0 aliphatic rings. The number of allylic oxidation sites excluding steroid dienone is 2. The van der Waals surface area contributed by atoms with Crippen LogP contribution < -0.4 is 0 Å². The van der Waals surface area contributed by atoms with Gasteiger partial charge in [-0.15, -0.1) is 13.2 Å². The van der Waals surface area contributed by atoms with Crippen LogP contribution in [-0.4, -0.2) is 35.6 Å². The normalized spacial score (nSPS) is 14.6. The second-order valence-corrected chi connectivity index (χ2v) is 11.8. The van der Waals surface area contributed by atoms with Crippen LogP contribution in [0.5, 0.6) is 0 Å². The van der Waals surface area contributed by atoms with Crippen LogP contribution in [0.25, 0.3) is 0 Å². The van der Waals surface area contributed by atoms with Gasteiger partial charge in [-0.2, -0.15) is 0 Å². The molecule has 0 bridgehead atoms. The monoisotopic (exact) mass is 644 g/mol. The highest BCUT2D eigenvalue weighted by atomic mass is 16.8. The maximum absolute atomic E-state index is 13.7. The third kappa shape index (κ3) is 11.6. The Morgan fingerprint density at radius 1 is 0.826 bits per heavy atom. The van der Waals surface area contributed by atoms with E-state index in [0.717, 1.165) is 0 Å². The van der Waals surface area contributed by atoms with Crippen molar-refractivity contribution in [2.45, 2.75) is 108 Å². The molecule has 10 nitrogen and oxygen atoms in total. The third-order valence-electron chi connectivity index (χ3n) is 7.25. The predicted octanol–water partition coefficient (Wildman–Crippen LogP) is 7.72. The average Bonchev–Trinajstić information content (AvgIpc) is 2.98. The van der Waals surface area contributed by atoms with Crippen molar-refractivity contribution in [3.63, 3.8) is 0 Å². The SMILES string of the molecule is C=CC(CC)C(=O)OC(OC(=O)C(C)=CCC)=C(OC(=O)C(C)C(=C)C)C(CCC)(OC(=O)C(C)=C(C)C)OC(=O)C(C)(C)C=C. The minimum Gasteiger partial charge on any atom is -0.414 e. The van der Waals surface area contributed by atoms with Crippen molar-refractivity contribution in [1.29, 1.82) is 0 Å². The summed E-state index contributed by atoms with van der Waals surface area (Å²) in [6.45, 7) is 28.8. The number of esters is 5. The van der Waals surface area contributed by atoms with Gasteiger partial charge in [0, 0.05) is 17.6 Å². The fourth-order valence-electron chi connectivity index (χ4n) is 3.38. The molecule has 0 N–H and O–H groups in total. The first-order valence-electron chi connectivity index (χ1n) is 15.4. The lowest BCUT2D eigenvalue weighted by atomic mass is 9.94. The van der Waals surface area contributed by atoms with Gasteiger partial charge in [-0.05, 0) is 74.7 Å². The Morgan fingerprint density at radius 2 is 1.41 bits per heavy atom. The number of hydrogen-bond acceptors (Lipinski definition) is 10. The van der Waals surface area contributed by atoms with Gasteiger partial charge in [0.25, 0.3) is 5.76 Å². The van der Waals surface area contributed by atoms with Crippen LogP contribution in [0.4, 0.5) is 0 Å². The van der Waals surface area contributed by atoms with Crippen molar-refractivity contribution in [2.75, 3.05) is 0 Å². The maximum atomic E-state index is 13.7. The highest BCUT2D eigenvalue weighted by Gasteiger charge is 2.52. The zero-order valence-corrected chi connectivity index (χ0v) is 29.4. The van der Waals surface area contributed by atoms with E-state index in [0.29, 0.717) is 17.6 Å². The molecule has 0 heterocycles. The number of rotatable bonds is 18. The van der Waals surface area contributed by atoms with Gasteiger partial charge in [0.2, 0.25) is 0 Å². The van der Waals surface area contributed by atoms with Crippen LogP contribution in [0.1, 0.15) is 102 Å². The maximum Gasteiger partial charge on any atom is 0.344 e. The standard InChI is InChI=1S/C36H52O10/c1-15-20-24(10)29(37)43-33(44-32(40)27(17-3)18-4)28(42-30(38)25(11)22(6)7)36(21-16-2,45-31(39)26(12)23(8)9)46-34(41)35(13,14)19-5/h17,19-20,25,27H,3,5-6,15-16,18,21H2,1-2,4,7-14H3. The average molecular weight is 645 g/mol. The molecule has 0 aliphatic carbocycles. The lowest BCUT2D eigenvalue weighted by Gasteiger charge is -2.36. The first-order valence-corrected chi connectivity index (χ1v) is 15.4. The summed E-state index contributed by atoms with van der Waals surface area (Å²) in [6, 6.07) is 0. The summed E-state index contributed by atoms with van der Waals surface area (Å²) < 4.78 is 28.9. The van der Waals surface area contributed by atoms with Gasteiger partial charge < -0.3 is 23.7 Å². The summed E-state index contributed by atoms with van der Waals surface area (Å²) in [5.74, 6) is -10.8. The molecule has 0 aliphatic heterocycles. The summed E-state index contributed by atoms with van der Waals surface area (Å²) in [5.41, 5.74) is -0.0443. The van der Waals surface area contributed by atoms with Gasteiger partial charge in [-0.3, -0.25) is 14.4 Å². The van der Waals surface area contributed by atoms with Gasteiger partial charge in [-0.1, -0.05) is 56.7 Å². The Hall–Kier alpha value is -4.21. The van der Waals surface area contributed by atoms with Crippen molar-refractivity contribution >= 4 is 29.8 Å². The van der Waals surface area contributed by atoms with E-state index in [-0.39, 0.29) is 30.4 Å². The quantitative estimate of drug-likeness (QED) is 0.0365. The van der Waals surface area contributed by atoms with E-state index in [4.69, 9.17) is 23.7 Å². The molecular weight excluding hydrogens is 592 g/mol. The first-order chi connectivity index (χ1) is 21.3. The Bertz CT molecular complexity index is 1290. The predicted molar refractivity (Wildman–Crippen MR) is 175 cm³/mol. The van der Waals surface area contributed by atoms with E-state index in [1.54, 1.807) is 47.6 Å². The lowest BCUT2D eigenvalue weighted by Crippen LogP contribution is -2.47. The van der Waals surface area contributed by atoms with Crippen molar-refractivity contribution in [2.24, 2.45) is 17.3 Å². The molecule has 0 aromatic heterocycles. The summed E-state index contributed by atoms with van der Waals surface area (Å²) in [7, 11) is 0. The molecule has 3 atom stereocenters. The number of carbonyl (C=O) groups is 5. The molecule has 0 radical (unpaired) electrons. The molecule has 10 heteroatoms. The number of carbonyl (C=O) groups excluding carboxylic acids is 5. The summed E-state index contributed by atoms with van der Waals surface area (Å²) in [6.07, 6.45) is 4.83. The topological polar surface area (TPSA) is 132 Å². The Kier molecular flexibility index (Phi) is 17.0. The molecule has 0 fully saturated rings. The zero-order chi connectivity index (χ0) is 36.0. The molecule has 0 saturated carbocycles. The highest BCUT2D eigenvalue weighted by Crippen LogP contribution is 2.38. The minimum atomic E-state index is -2.57. The van der Waals surface area contributed by atoms with E-state index in [2.05, 4.69) is 19.7 Å². The van der Waals surface area contributed by atoms with E-state index in [1.165, 1.54) is 46.8 Å². The highest BCUT2D eigenvalue weighted by molar-refractivity contribution is 5.90. The third-order valence-corrected chi connectivity index (χ3v) is 7.25. The van der Waals surface area contributed by atoms with Crippen molar-refractivity contribution < 1.29 is 47.7 Å². The second-order valence-electron chi connectivity index (χ2n) is 11.8. The fourth-order valence-corrected chi connectivity index (χ4v) is 3.38. The summed E-state index contributed by atoms with van der Waals surface area (Å²) >= 11 is 0. The zero-order valence-electron chi connectivity index (χ0n) is 29.4. The van der Waals surface area contributed by atoms with E-state index < -0.39 is 64.6 Å². The molecule has 256 valence electrons. The van der Waals surface area contributed by atoms with Gasteiger partial charge in [0.15, 0.2) is 0 Å².